The maximum absolute atomic E-state index is 8.90. The van der Waals surface area contributed by atoms with Crippen LogP contribution < -0.4 is 5.32 Å². The van der Waals surface area contributed by atoms with Crippen LogP contribution in [0.3, 0.4) is 0 Å². The van der Waals surface area contributed by atoms with Gasteiger partial charge in [0.25, 0.3) is 0 Å². The van der Waals surface area contributed by atoms with E-state index in [1.807, 2.05) is 12.1 Å². The summed E-state index contributed by atoms with van der Waals surface area (Å²) in [6.07, 6.45) is 0. The maximum atomic E-state index is 8.90. The number of hydrogen-bond donors (Lipinski definition) is 1. The van der Waals surface area contributed by atoms with E-state index >= 15 is 0 Å². The topological polar surface area (TPSA) is 35.8 Å². The van der Waals surface area contributed by atoms with Crippen LogP contribution in [-0.4, -0.2) is 7.05 Å². The first-order valence-corrected chi connectivity index (χ1v) is 5.16. The fraction of sp³-hybridized carbons (Fsp3) is 0.462. The molecule has 1 N–H and O–H groups in total. The summed E-state index contributed by atoms with van der Waals surface area (Å²) in [7, 11) is 1.80. The first-order valence-electron chi connectivity index (χ1n) is 5.16. The van der Waals surface area contributed by atoms with Gasteiger partial charge in [0.1, 0.15) is 6.04 Å². The summed E-state index contributed by atoms with van der Waals surface area (Å²) >= 11 is 0. The molecule has 1 aromatic rings. The van der Waals surface area contributed by atoms with E-state index in [9.17, 15) is 0 Å². The molecule has 0 aliphatic rings. The zero-order valence-corrected chi connectivity index (χ0v) is 9.83. The molecule has 1 rings (SSSR count). The van der Waals surface area contributed by atoms with Crippen LogP contribution in [0.4, 0.5) is 0 Å². The Morgan fingerprint density at radius 1 is 1.20 bits per heavy atom. The van der Waals surface area contributed by atoms with Crippen LogP contribution in [0.2, 0.25) is 0 Å². The van der Waals surface area contributed by atoms with Crippen molar-refractivity contribution >= 4 is 0 Å². The van der Waals surface area contributed by atoms with Gasteiger partial charge in [-0.15, -0.1) is 0 Å². The van der Waals surface area contributed by atoms with Gasteiger partial charge in [0.15, 0.2) is 0 Å². The third-order valence-corrected chi connectivity index (χ3v) is 2.53. The lowest BCUT2D eigenvalue weighted by atomic mass is 9.86. The summed E-state index contributed by atoms with van der Waals surface area (Å²) in [4.78, 5) is 0. The number of nitriles is 1. The maximum Gasteiger partial charge on any atom is 0.121 e. The third kappa shape index (κ3) is 2.81. The highest BCUT2D eigenvalue weighted by molar-refractivity contribution is 5.31. The second-order valence-electron chi connectivity index (χ2n) is 4.72. The lowest BCUT2D eigenvalue weighted by Crippen LogP contribution is -2.15. The van der Waals surface area contributed by atoms with Crippen molar-refractivity contribution < 1.29 is 0 Å². The van der Waals surface area contributed by atoms with Crippen molar-refractivity contribution in [3.8, 4) is 6.07 Å². The van der Waals surface area contributed by atoms with Gasteiger partial charge in [-0.1, -0.05) is 45.0 Å². The van der Waals surface area contributed by atoms with Crippen molar-refractivity contribution in [3.05, 3.63) is 35.4 Å². The molecule has 1 unspecified atom stereocenters. The zero-order valence-electron chi connectivity index (χ0n) is 9.83. The van der Waals surface area contributed by atoms with Crippen LogP contribution in [0.25, 0.3) is 0 Å². The Morgan fingerprint density at radius 2 is 1.73 bits per heavy atom. The molecule has 15 heavy (non-hydrogen) atoms. The Morgan fingerprint density at radius 3 is 2.07 bits per heavy atom. The summed E-state index contributed by atoms with van der Waals surface area (Å²) in [5.41, 5.74) is 2.48. The molecule has 0 saturated carbocycles. The SMILES string of the molecule is CNC(C#N)c1ccc(C(C)(C)C)cc1. The summed E-state index contributed by atoms with van der Waals surface area (Å²) in [6.45, 7) is 6.55. The Bertz CT molecular complexity index is 352. The molecule has 0 amide bonds. The lowest BCUT2D eigenvalue weighted by Gasteiger charge is -2.19. The molecule has 0 fully saturated rings. The Kier molecular flexibility index (Phi) is 3.49. The fourth-order valence-corrected chi connectivity index (χ4v) is 1.48. The molecule has 2 heteroatoms. The van der Waals surface area contributed by atoms with Gasteiger partial charge < -0.3 is 5.32 Å². The first-order chi connectivity index (χ1) is 6.99. The predicted octanol–water partition coefficient (Wildman–Crippen LogP) is 2.77. The Balaban J connectivity index is 2.96. The highest BCUT2D eigenvalue weighted by atomic mass is 14.9. The van der Waals surface area contributed by atoms with Gasteiger partial charge in [0.2, 0.25) is 0 Å². The third-order valence-electron chi connectivity index (χ3n) is 2.53. The highest BCUT2D eigenvalue weighted by Gasteiger charge is 2.14. The molecule has 0 aromatic heterocycles. The monoisotopic (exact) mass is 202 g/mol. The second-order valence-corrected chi connectivity index (χ2v) is 4.72. The number of nitrogens with zero attached hydrogens (tertiary/aromatic N) is 1. The van der Waals surface area contributed by atoms with Crippen LogP contribution in [0.5, 0.6) is 0 Å². The van der Waals surface area contributed by atoms with Gasteiger partial charge >= 0.3 is 0 Å². The van der Waals surface area contributed by atoms with E-state index in [1.54, 1.807) is 7.05 Å². The van der Waals surface area contributed by atoms with Crippen LogP contribution in [0.15, 0.2) is 24.3 Å². The minimum absolute atomic E-state index is 0.167. The number of rotatable bonds is 2. The average Bonchev–Trinajstić information content (AvgIpc) is 2.19. The summed E-state index contributed by atoms with van der Waals surface area (Å²) in [5.74, 6) is 0. The molecule has 0 bridgehead atoms. The summed E-state index contributed by atoms with van der Waals surface area (Å²) in [6, 6.07) is 10.2. The van der Waals surface area contributed by atoms with Crippen molar-refractivity contribution in [2.45, 2.75) is 32.2 Å². The molecule has 80 valence electrons. The van der Waals surface area contributed by atoms with Gasteiger partial charge in [-0.2, -0.15) is 5.26 Å². The summed E-state index contributed by atoms with van der Waals surface area (Å²) < 4.78 is 0. The van der Waals surface area contributed by atoms with E-state index < -0.39 is 0 Å². The van der Waals surface area contributed by atoms with E-state index in [0.29, 0.717) is 0 Å². The zero-order chi connectivity index (χ0) is 11.5. The molecule has 0 spiro atoms. The van der Waals surface area contributed by atoms with Crippen LogP contribution >= 0.6 is 0 Å². The Labute approximate surface area is 91.9 Å². The van der Waals surface area contributed by atoms with Crippen molar-refractivity contribution in [2.75, 3.05) is 7.05 Å². The van der Waals surface area contributed by atoms with E-state index in [4.69, 9.17) is 5.26 Å². The molecular weight excluding hydrogens is 184 g/mol. The van der Waals surface area contributed by atoms with Crippen molar-refractivity contribution in [1.29, 1.82) is 5.26 Å². The normalized spacial score (nSPS) is 13.3. The second kappa shape index (κ2) is 4.46. The van der Waals surface area contributed by atoms with Crippen LogP contribution in [0.1, 0.15) is 37.9 Å². The lowest BCUT2D eigenvalue weighted by molar-refractivity contribution is 0.589. The first kappa shape index (κ1) is 11.7. The Hall–Kier alpha value is -1.33. The van der Waals surface area contributed by atoms with E-state index in [-0.39, 0.29) is 11.5 Å². The molecule has 0 aliphatic carbocycles. The largest absolute Gasteiger partial charge is 0.301 e. The van der Waals surface area contributed by atoms with Gasteiger partial charge in [0, 0.05) is 0 Å². The smallest absolute Gasteiger partial charge is 0.121 e. The molecule has 0 aliphatic heterocycles. The molecule has 0 saturated heterocycles. The molecular formula is C13H18N2. The highest BCUT2D eigenvalue weighted by Crippen LogP contribution is 2.23. The molecule has 1 atom stereocenters. The van der Waals surface area contributed by atoms with Crippen molar-refractivity contribution in [3.63, 3.8) is 0 Å². The van der Waals surface area contributed by atoms with Crippen molar-refractivity contribution in [2.24, 2.45) is 0 Å². The molecule has 0 heterocycles. The molecule has 0 radical (unpaired) electrons. The van der Waals surface area contributed by atoms with Gasteiger partial charge in [-0.3, -0.25) is 0 Å². The minimum atomic E-state index is -0.209. The van der Waals surface area contributed by atoms with Crippen molar-refractivity contribution in [1.82, 2.24) is 5.32 Å². The van der Waals surface area contributed by atoms with E-state index in [2.05, 4.69) is 44.3 Å². The van der Waals surface area contributed by atoms with Crippen LogP contribution in [0, 0.1) is 11.3 Å². The number of nitrogens with one attached hydrogen (secondary N) is 1. The quantitative estimate of drug-likeness (QED) is 0.800. The van der Waals surface area contributed by atoms with Gasteiger partial charge in [-0.25, -0.2) is 0 Å². The van der Waals surface area contributed by atoms with Crippen LogP contribution in [-0.2, 0) is 5.41 Å². The molecule has 1 aromatic carbocycles. The number of benzene rings is 1. The average molecular weight is 202 g/mol. The summed E-state index contributed by atoms with van der Waals surface area (Å²) in [5, 5.41) is 11.9. The van der Waals surface area contributed by atoms with E-state index in [0.717, 1.165) is 5.56 Å². The number of hydrogen-bond acceptors (Lipinski definition) is 2. The van der Waals surface area contributed by atoms with Gasteiger partial charge in [-0.05, 0) is 23.6 Å². The minimum Gasteiger partial charge on any atom is -0.301 e. The van der Waals surface area contributed by atoms with E-state index in [1.165, 1.54) is 5.56 Å². The standard InChI is InChI=1S/C13H18N2/c1-13(2,3)11-7-5-10(6-8-11)12(9-14)15-4/h5-8,12,15H,1-4H3. The fourth-order valence-electron chi connectivity index (χ4n) is 1.48. The molecule has 2 nitrogen and oxygen atoms in total. The van der Waals surface area contributed by atoms with Gasteiger partial charge in [0.05, 0.1) is 6.07 Å². The predicted molar refractivity (Wildman–Crippen MR) is 62.6 cm³/mol.